The summed E-state index contributed by atoms with van der Waals surface area (Å²) < 4.78 is 26.9. The van der Waals surface area contributed by atoms with Crippen molar-refractivity contribution >= 4 is 11.8 Å². The lowest BCUT2D eigenvalue weighted by Crippen LogP contribution is -2.58. The fraction of sp³-hybridized carbons (Fsp3) is 0.500. The minimum atomic E-state index is -0.522. The summed E-state index contributed by atoms with van der Waals surface area (Å²) in [6, 6.07) is 2.97. The number of amides is 2. The molecule has 0 radical (unpaired) electrons. The van der Waals surface area contributed by atoms with Gasteiger partial charge in [0.1, 0.15) is 11.6 Å². The molecule has 124 valence electrons. The molecule has 2 amide bonds. The Bertz CT molecular complexity index is 623. The SMILES string of the molecule is O=C1NCCCC1N1CCN(Cc2cc(F)ccc2F)C(=O)C1. The predicted molar refractivity (Wildman–Crippen MR) is 79.4 cm³/mol. The van der Waals surface area contributed by atoms with E-state index < -0.39 is 11.6 Å². The first-order valence-corrected chi connectivity index (χ1v) is 7.78. The number of nitrogens with one attached hydrogen (secondary N) is 1. The van der Waals surface area contributed by atoms with Crippen molar-refractivity contribution in [2.24, 2.45) is 0 Å². The number of nitrogens with zero attached hydrogens (tertiary/aromatic N) is 2. The monoisotopic (exact) mass is 323 g/mol. The van der Waals surface area contributed by atoms with Crippen LogP contribution in [0.4, 0.5) is 8.78 Å². The van der Waals surface area contributed by atoms with Crippen LogP contribution in [0.2, 0.25) is 0 Å². The van der Waals surface area contributed by atoms with E-state index in [0.29, 0.717) is 19.6 Å². The van der Waals surface area contributed by atoms with Crippen LogP contribution in [0, 0.1) is 11.6 Å². The highest BCUT2D eigenvalue weighted by molar-refractivity contribution is 5.84. The lowest BCUT2D eigenvalue weighted by atomic mass is 10.0. The van der Waals surface area contributed by atoms with E-state index in [4.69, 9.17) is 0 Å². The molecule has 2 aliphatic rings. The van der Waals surface area contributed by atoms with Crippen molar-refractivity contribution in [1.29, 1.82) is 0 Å². The number of hydrogen-bond acceptors (Lipinski definition) is 3. The summed E-state index contributed by atoms with van der Waals surface area (Å²) >= 11 is 0. The normalized spacial score (nSPS) is 23.0. The highest BCUT2D eigenvalue weighted by Gasteiger charge is 2.33. The molecule has 1 atom stereocenters. The van der Waals surface area contributed by atoms with Crippen LogP contribution in [0.1, 0.15) is 18.4 Å². The average molecular weight is 323 g/mol. The van der Waals surface area contributed by atoms with E-state index >= 15 is 0 Å². The molecule has 2 fully saturated rings. The first-order valence-electron chi connectivity index (χ1n) is 7.78. The molecule has 0 spiro atoms. The Hall–Kier alpha value is -2.02. The molecule has 2 heterocycles. The van der Waals surface area contributed by atoms with Gasteiger partial charge in [0.05, 0.1) is 12.6 Å². The zero-order chi connectivity index (χ0) is 16.4. The third-order valence-electron chi connectivity index (χ3n) is 4.41. The maximum atomic E-state index is 13.7. The minimum absolute atomic E-state index is 0.0336. The van der Waals surface area contributed by atoms with Crippen molar-refractivity contribution in [2.45, 2.75) is 25.4 Å². The molecule has 3 rings (SSSR count). The maximum Gasteiger partial charge on any atom is 0.237 e. The molecule has 1 aromatic carbocycles. The van der Waals surface area contributed by atoms with Crippen LogP contribution in [0.25, 0.3) is 0 Å². The summed E-state index contributed by atoms with van der Waals surface area (Å²) in [4.78, 5) is 27.6. The molecular weight excluding hydrogens is 304 g/mol. The average Bonchev–Trinajstić information content (AvgIpc) is 2.53. The first kappa shape index (κ1) is 15.9. The summed E-state index contributed by atoms with van der Waals surface area (Å²) in [6.45, 7) is 1.82. The van der Waals surface area contributed by atoms with Gasteiger partial charge in [-0.3, -0.25) is 14.5 Å². The number of rotatable bonds is 3. The Morgan fingerprint density at radius 3 is 2.78 bits per heavy atom. The third kappa shape index (κ3) is 3.50. The second kappa shape index (κ2) is 6.62. The topological polar surface area (TPSA) is 52.7 Å². The third-order valence-corrected chi connectivity index (χ3v) is 4.41. The molecule has 2 saturated heterocycles. The van der Waals surface area contributed by atoms with Crippen molar-refractivity contribution in [3.05, 3.63) is 35.4 Å². The second-order valence-electron chi connectivity index (χ2n) is 5.97. The standard InChI is InChI=1S/C16H19F2N3O2/c17-12-3-4-13(18)11(8-12)9-21-7-6-20(10-15(21)22)14-2-1-5-19-16(14)23/h3-4,8,14H,1-2,5-7,9-10H2,(H,19,23). The van der Waals surface area contributed by atoms with Crippen LogP contribution < -0.4 is 5.32 Å². The molecule has 1 N–H and O–H groups in total. The van der Waals surface area contributed by atoms with Crippen LogP contribution in [0.3, 0.4) is 0 Å². The second-order valence-corrected chi connectivity index (χ2v) is 5.97. The van der Waals surface area contributed by atoms with Gasteiger partial charge >= 0.3 is 0 Å². The molecule has 7 heteroatoms. The number of piperidine rings is 1. The van der Waals surface area contributed by atoms with Gasteiger partial charge in [-0.05, 0) is 31.0 Å². The number of carbonyl (C=O) groups excluding carboxylic acids is 2. The summed E-state index contributed by atoms with van der Waals surface area (Å²) in [5.41, 5.74) is 0.169. The summed E-state index contributed by atoms with van der Waals surface area (Å²) in [5.74, 6) is -1.24. The van der Waals surface area contributed by atoms with E-state index in [-0.39, 0.29) is 36.5 Å². The molecular formula is C16H19F2N3O2. The summed E-state index contributed by atoms with van der Waals surface area (Å²) in [5, 5.41) is 2.81. The first-order chi connectivity index (χ1) is 11.0. The predicted octanol–water partition coefficient (Wildman–Crippen LogP) is 0.888. The van der Waals surface area contributed by atoms with Crippen molar-refractivity contribution in [3.8, 4) is 0 Å². The van der Waals surface area contributed by atoms with Crippen molar-refractivity contribution in [2.75, 3.05) is 26.2 Å². The molecule has 0 bridgehead atoms. The number of carbonyl (C=O) groups is 2. The fourth-order valence-corrected chi connectivity index (χ4v) is 3.13. The van der Waals surface area contributed by atoms with Gasteiger partial charge in [0, 0.05) is 31.7 Å². The van der Waals surface area contributed by atoms with Crippen LogP contribution in [0.5, 0.6) is 0 Å². The molecule has 0 aliphatic carbocycles. The molecule has 23 heavy (non-hydrogen) atoms. The van der Waals surface area contributed by atoms with E-state index in [1.165, 1.54) is 4.90 Å². The Morgan fingerprint density at radius 2 is 2.04 bits per heavy atom. The van der Waals surface area contributed by atoms with Gasteiger partial charge in [-0.1, -0.05) is 0 Å². The van der Waals surface area contributed by atoms with E-state index in [2.05, 4.69) is 5.32 Å². The molecule has 0 saturated carbocycles. The molecule has 0 aromatic heterocycles. The Labute approximate surface area is 133 Å². The number of benzene rings is 1. The Morgan fingerprint density at radius 1 is 1.22 bits per heavy atom. The van der Waals surface area contributed by atoms with Crippen LogP contribution >= 0.6 is 0 Å². The van der Waals surface area contributed by atoms with Gasteiger partial charge in [-0.15, -0.1) is 0 Å². The quantitative estimate of drug-likeness (QED) is 0.899. The van der Waals surface area contributed by atoms with Gasteiger partial charge in [-0.2, -0.15) is 0 Å². The van der Waals surface area contributed by atoms with Gasteiger partial charge < -0.3 is 10.2 Å². The lowest BCUT2D eigenvalue weighted by molar-refractivity contribution is -0.140. The molecule has 2 aliphatic heterocycles. The van der Waals surface area contributed by atoms with E-state index in [1.807, 2.05) is 4.90 Å². The van der Waals surface area contributed by atoms with Crippen molar-refractivity contribution in [1.82, 2.24) is 15.1 Å². The van der Waals surface area contributed by atoms with E-state index in [9.17, 15) is 18.4 Å². The molecule has 1 unspecified atom stereocenters. The lowest BCUT2D eigenvalue weighted by Gasteiger charge is -2.39. The zero-order valence-corrected chi connectivity index (χ0v) is 12.7. The maximum absolute atomic E-state index is 13.7. The van der Waals surface area contributed by atoms with Crippen LogP contribution in [0.15, 0.2) is 18.2 Å². The Balaban J connectivity index is 1.63. The number of hydrogen-bond donors (Lipinski definition) is 1. The summed E-state index contributed by atoms with van der Waals surface area (Å²) in [7, 11) is 0. The van der Waals surface area contributed by atoms with Gasteiger partial charge in [0.25, 0.3) is 0 Å². The highest BCUT2D eigenvalue weighted by atomic mass is 19.1. The summed E-state index contributed by atoms with van der Waals surface area (Å²) in [6.07, 6.45) is 1.65. The Kier molecular flexibility index (Phi) is 4.56. The van der Waals surface area contributed by atoms with E-state index in [1.54, 1.807) is 0 Å². The zero-order valence-electron chi connectivity index (χ0n) is 12.7. The minimum Gasteiger partial charge on any atom is -0.355 e. The molecule has 1 aromatic rings. The molecule has 5 nitrogen and oxygen atoms in total. The highest BCUT2D eigenvalue weighted by Crippen LogP contribution is 2.18. The van der Waals surface area contributed by atoms with Gasteiger partial charge in [0.2, 0.25) is 11.8 Å². The van der Waals surface area contributed by atoms with Crippen LogP contribution in [-0.2, 0) is 16.1 Å². The largest absolute Gasteiger partial charge is 0.355 e. The van der Waals surface area contributed by atoms with Crippen molar-refractivity contribution in [3.63, 3.8) is 0 Å². The fourth-order valence-electron chi connectivity index (χ4n) is 3.13. The van der Waals surface area contributed by atoms with Crippen LogP contribution in [-0.4, -0.2) is 53.8 Å². The van der Waals surface area contributed by atoms with Gasteiger partial charge in [0.15, 0.2) is 0 Å². The smallest absolute Gasteiger partial charge is 0.237 e. The number of piperazine rings is 1. The van der Waals surface area contributed by atoms with E-state index in [0.717, 1.165) is 31.0 Å². The van der Waals surface area contributed by atoms with Crippen molar-refractivity contribution < 1.29 is 18.4 Å². The number of halogens is 2. The van der Waals surface area contributed by atoms with Gasteiger partial charge in [-0.25, -0.2) is 8.78 Å².